The maximum Gasteiger partial charge on any atom is 0.169 e. The van der Waals surface area contributed by atoms with Crippen LogP contribution in [0.5, 0.6) is 0 Å². The number of nitrogens with zero attached hydrogens (tertiary/aromatic N) is 6. The summed E-state index contributed by atoms with van der Waals surface area (Å²) < 4.78 is 1.90. The van der Waals surface area contributed by atoms with Crippen LogP contribution in [0.25, 0.3) is 0 Å². The topological polar surface area (TPSA) is 76.1 Å². The fourth-order valence-corrected chi connectivity index (χ4v) is 2.40. The van der Waals surface area contributed by atoms with Crippen LogP contribution in [-0.4, -0.2) is 70.3 Å². The normalized spacial score (nSPS) is 23.2. The highest BCUT2D eigenvalue weighted by Gasteiger charge is 2.26. The van der Waals surface area contributed by atoms with E-state index in [1.165, 1.54) is 6.42 Å². The van der Waals surface area contributed by atoms with Gasteiger partial charge in [0.2, 0.25) is 0 Å². The van der Waals surface area contributed by atoms with E-state index in [4.69, 9.17) is 5.73 Å². The Morgan fingerprint density at radius 2 is 2.17 bits per heavy atom. The SMILES string of the molecule is CN1CCCN(C)C(c2nnnn2CCCN)C1. The minimum Gasteiger partial charge on any atom is -0.330 e. The van der Waals surface area contributed by atoms with Gasteiger partial charge in [0, 0.05) is 13.1 Å². The third kappa shape index (κ3) is 3.04. The Balaban J connectivity index is 2.14. The van der Waals surface area contributed by atoms with E-state index in [2.05, 4.69) is 39.4 Å². The molecule has 18 heavy (non-hydrogen) atoms. The number of tetrazole rings is 1. The Labute approximate surface area is 108 Å². The third-order valence-electron chi connectivity index (χ3n) is 3.50. The second-order valence-electron chi connectivity index (χ2n) is 5.01. The lowest BCUT2D eigenvalue weighted by Gasteiger charge is -2.26. The van der Waals surface area contributed by atoms with Gasteiger partial charge in [-0.25, -0.2) is 4.68 Å². The number of aromatic nitrogens is 4. The van der Waals surface area contributed by atoms with Crippen molar-refractivity contribution in [3.8, 4) is 0 Å². The largest absolute Gasteiger partial charge is 0.330 e. The molecule has 2 rings (SSSR count). The van der Waals surface area contributed by atoms with Crippen molar-refractivity contribution in [2.75, 3.05) is 40.3 Å². The first-order valence-electron chi connectivity index (χ1n) is 6.57. The van der Waals surface area contributed by atoms with Crippen molar-refractivity contribution in [1.82, 2.24) is 30.0 Å². The van der Waals surface area contributed by atoms with Crippen LogP contribution in [0.1, 0.15) is 24.7 Å². The molecule has 1 aromatic rings. The van der Waals surface area contributed by atoms with Crippen LogP contribution >= 0.6 is 0 Å². The minimum atomic E-state index is 0.269. The van der Waals surface area contributed by atoms with Crippen molar-refractivity contribution in [2.24, 2.45) is 5.73 Å². The Morgan fingerprint density at radius 3 is 2.94 bits per heavy atom. The molecule has 1 unspecified atom stereocenters. The highest BCUT2D eigenvalue weighted by molar-refractivity contribution is 4.95. The Hall–Kier alpha value is -1.05. The second kappa shape index (κ2) is 6.21. The molecule has 102 valence electrons. The molecule has 1 aliphatic rings. The van der Waals surface area contributed by atoms with Crippen molar-refractivity contribution in [1.29, 1.82) is 0 Å². The van der Waals surface area contributed by atoms with Gasteiger partial charge in [0.05, 0.1) is 6.04 Å². The number of likely N-dealkylation sites (N-methyl/N-ethyl adjacent to an activating group) is 2. The first-order chi connectivity index (χ1) is 8.72. The molecule has 0 saturated carbocycles. The molecule has 0 spiro atoms. The van der Waals surface area contributed by atoms with E-state index in [9.17, 15) is 0 Å². The van der Waals surface area contributed by atoms with Gasteiger partial charge in [0.25, 0.3) is 0 Å². The summed E-state index contributed by atoms with van der Waals surface area (Å²) in [5.74, 6) is 0.958. The third-order valence-corrected chi connectivity index (χ3v) is 3.50. The predicted molar refractivity (Wildman–Crippen MR) is 69.0 cm³/mol. The van der Waals surface area contributed by atoms with E-state index in [0.29, 0.717) is 6.54 Å². The fraction of sp³-hybridized carbons (Fsp3) is 0.909. The lowest BCUT2D eigenvalue weighted by molar-refractivity contribution is 0.212. The molecule has 1 aliphatic heterocycles. The van der Waals surface area contributed by atoms with Crippen molar-refractivity contribution in [3.05, 3.63) is 5.82 Å². The van der Waals surface area contributed by atoms with Gasteiger partial charge in [-0.05, 0) is 57.0 Å². The first-order valence-corrected chi connectivity index (χ1v) is 6.57. The molecule has 0 radical (unpaired) electrons. The van der Waals surface area contributed by atoms with Gasteiger partial charge in [-0.3, -0.25) is 4.90 Å². The summed E-state index contributed by atoms with van der Waals surface area (Å²) in [6.45, 7) is 4.65. The average Bonchev–Trinajstić information content (AvgIpc) is 2.74. The zero-order valence-corrected chi connectivity index (χ0v) is 11.3. The van der Waals surface area contributed by atoms with E-state index in [-0.39, 0.29) is 6.04 Å². The maximum atomic E-state index is 5.55. The second-order valence-corrected chi connectivity index (χ2v) is 5.01. The Morgan fingerprint density at radius 1 is 1.33 bits per heavy atom. The molecule has 0 aromatic carbocycles. The smallest absolute Gasteiger partial charge is 0.169 e. The van der Waals surface area contributed by atoms with Crippen molar-refractivity contribution >= 4 is 0 Å². The van der Waals surface area contributed by atoms with Crippen LogP contribution in [0.2, 0.25) is 0 Å². The van der Waals surface area contributed by atoms with Crippen LogP contribution in [0.3, 0.4) is 0 Å². The maximum absolute atomic E-state index is 5.55. The molecule has 2 N–H and O–H groups in total. The van der Waals surface area contributed by atoms with Crippen LogP contribution in [0.4, 0.5) is 0 Å². The predicted octanol–water partition coefficient (Wildman–Crippen LogP) is -0.670. The lowest BCUT2D eigenvalue weighted by atomic mass is 10.2. The van der Waals surface area contributed by atoms with Gasteiger partial charge >= 0.3 is 0 Å². The first kappa shape index (κ1) is 13.4. The molecule has 0 aliphatic carbocycles. The standard InChI is InChI=1S/C11H23N7/c1-16-6-4-7-17(2)10(9-16)11-13-14-15-18(11)8-3-5-12/h10H,3-9,12H2,1-2H3. The summed E-state index contributed by atoms with van der Waals surface area (Å²) >= 11 is 0. The summed E-state index contributed by atoms with van der Waals surface area (Å²) in [7, 11) is 4.30. The van der Waals surface area contributed by atoms with Crippen LogP contribution in [0.15, 0.2) is 0 Å². The zero-order chi connectivity index (χ0) is 13.0. The minimum absolute atomic E-state index is 0.269. The summed E-state index contributed by atoms with van der Waals surface area (Å²) in [4.78, 5) is 4.68. The zero-order valence-electron chi connectivity index (χ0n) is 11.3. The van der Waals surface area contributed by atoms with Crippen molar-refractivity contribution in [2.45, 2.75) is 25.4 Å². The highest BCUT2D eigenvalue weighted by Crippen LogP contribution is 2.20. The summed E-state index contributed by atoms with van der Waals surface area (Å²) in [5, 5.41) is 12.1. The Bertz CT molecular complexity index is 364. The van der Waals surface area contributed by atoms with Gasteiger partial charge in [0.15, 0.2) is 5.82 Å². The number of nitrogens with two attached hydrogens (primary N) is 1. The fourth-order valence-electron chi connectivity index (χ4n) is 2.40. The Kier molecular flexibility index (Phi) is 4.62. The molecule has 0 bridgehead atoms. The van der Waals surface area contributed by atoms with Crippen molar-refractivity contribution < 1.29 is 0 Å². The van der Waals surface area contributed by atoms with E-state index in [1.54, 1.807) is 0 Å². The van der Waals surface area contributed by atoms with Gasteiger partial charge in [0.1, 0.15) is 0 Å². The van der Waals surface area contributed by atoms with Gasteiger partial charge in [-0.2, -0.15) is 0 Å². The summed E-state index contributed by atoms with van der Waals surface area (Å²) in [6, 6.07) is 0.269. The van der Waals surface area contributed by atoms with E-state index < -0.39 is 0 Å². The van der Waals surface area contributed by atoms with Crippen LogP contribution < -0.4 is 5.73 Å². The van der Waals surface area contributed by atoms with E-state index in [1.807, 2.05) is 4.68 Å². The van der Waals surface area contributed by atoms with E-state index in [0.717, 1.165) is 38.4 Å². The lowest BCUT2D eigenvalue weighted by Crippen LogP contribution is -2.33. The average molecular weight is 253 g/mol. The van der Waals surface area contributed by atoms with Crippen LogP contribution in [0, 0.1) is 0 Å². The molecule has 2 heterocycles. The molecule has 1 aromatic heterocycles. The number of hydrogen-bond acceptors (Lipinski definition) is 6. The van der Waals surface area contributed by atoms with Gasteiger partial charge < -0.3 is 10.6 Å². The highest BCUT2D eigenvalue weighted by atomic mass is 15.6. The monoisotopic (exact) mass is 253 g/mol. The quantitative estimate of drug-likeness (QED) is 0.767. The molecule has 7 heteroatoms. The van der Waals surface area contributed by atoms with Gasteiger partial charge in [-0.15, -0.1) is 5.10 Å². The molecule has 7 nitrogen and oxygen atoms in total. The van der Waals surface area contributed by atoms with E-state index >= 15 is 0 Å². The van der Waals surface area contributed by atoms with Crippen LogP contribution in [-0.2, 0) is 6.54 Å². The number of aryl methyl sites for hydroxylation is 1. The summed E-state index contributed by atoms with van der Waals surface area (Å²) in [6.07, 6.45) is 2.10. The number of hydrogen-bond donors (Lipinski definition) is 1. The van der Waals surface area contributed by atoms with Crippen molar-refractivity contribution in [3.63, 3.8) is 0 Å². The van der Waals surface area contributed by atoms with Gasteiger partial charge in [-0.1, -0.05) is 0 Å². The molecular formula is C11H23N7. The molecule has 1 saturated heterocycles. The summed E-state index contributed by atoms with van der Waals surface area (Å²) in [5.41, 5.74) is 5.55. The molecule has 1 fully saturated rings. The molecule has 1 atom stereocenters. The number of rotatable bonds is 4. The molecular weight excluding hydrogens is 230 g/mol. The molecule has 0 amide bonds.